The van der Waals surface area contributed by atoms with Crippen molar-refractivity contribution in [3.8, 4) is 0 Å². The third-order valence-corrected chi connectivity index (χ3v) is 10.3. The molecule has 0 saturated carbocycles. The minimum Gasteiger partial charge on any atom is -0.343 e. The average Bonchev–Trinajstić information content (AvgIpc) is 3.55. The summed E-state index contributed by atoms with van der Waals surface area (Å²) < 4.78 is 0. The fourth-order valence-corrected chi connectivity index (χ4v) is 7.62. The monoisotopic (exact) mass is 671 g/mol. The molecule has 0 unspecified atom stereocenters. The fraction of sp³-hybridized carbons (Fsp3) is 0.357. The van der Waals surface area contributed by atoms with Crippen LogP contribution in [-0.4, -0.2) is 60.4 Å². The Morgan fingerprint density at radius 1 is 0.740 bits per heavy atom. The lowest BCUT2D eigenvalue weighted by Gasteiger charge is -2.33. The van der Waals surface area contributed by atoms with Gasteiger partial charge in [-0.25, -0.2) is 0 Å². The van der Waals surface area contributed by atoms with Gasteiger partial charge in [0.25, 0.3) is 0 Å². The summed E-state index contributed by atoms with van der Waals surface area (Å²) in [5, 5.41) is 13.2. The lowest BCUT2D eigenvalue weighted by molar-refractivity contribution is -0.143. The van der Waals surface area contributed by atoms with Crippen LogP contribution in [0.5, 0.6) is 0 Å². The molecule has 3 amide bonds. The number of nitrogens with zero attached hydrogens (tertiary/aromatic N) is 1. The molecular weight excluding hydrogens is 622 g/mol. The highest BCUT2D eigenvalue weighted by atomic mass is 16.2. The smallest absolute Gasteiger partial charge is 0.246 e. The van der Waals surface area contributed by atoms with Crippen molar-refractivity contribution in [1.82, 2.24) is 26.2 Å². The number of carbonyl (C=O) groups excluding carboxylic acids is 3. The third-order valence-electron chi connectivity index (χ3n) is 10.3. The van der Waals surface area contributed by atoms with Crippen molar-refractivity contribution < 1.29 is 14.4 Å². The van der Waals surface area contributed by atoms with E-state index in [1.807, 2.05) is 114 Å². The van der Waals surface area contributed by atoms with E-state index in [4.69, 9.17) is 0 Å². The average molecular weight is 672 g/mol. The normalized spacial score (nSPS) is 20.9. The number of benzene rings is 4. The molecule has 2 fully saturated rings. The highest BCUT2D eigenvalue weighted by Gasteiger charge is 2.48. The lowest BCUT2D eigenvalue weighted by atomic mass is 9.89. The summed E-state index contributed by atoms with van der Waals surface area (Å²) in [6.07, 6.45) is 4.18. The minimum atomic E-state index is -0.731. The first kappa shape index (κ1) is 35.1. The molecule has 2 heterocycles. The van der Waals surface area contributed by atoms with Crippen LogP contribution in [0.3, 0.4) is 0 Å². The van der Waals surface area contributed by atoms with E-state index in [1.165, 1.54) is 5.56 Å². The Bertz CT molecular complexity index is 1630. The molecular formula is C42H49N5O3. The summed E-state index contributed by atoms with van der Waals surface area (Å²) in [4.78, 5) is 44.7. The summed E-state index contributed by atoms with van der Waals surface area (Å²) in [5.41, 5.74) is 4.20. The van der Waals surface area contributed by atoms with Gasteiger partial charge in [-0.05, 0) is 80.3 Å². The molecule has 2 aliphatic heterocycles. The molecule has 5 atom stereocenters. The first-order chi connectivity index (χ1) is 24.5. The van der Waals surface area contributed by atoms with Gasteiger partial charge in [-0.3, -0.25) is 14.4 Å². The highest BCUT2D eigenvalue weighted by molar-refractivity contribution is 5.94. The predicted octanol–water partition coefficient (Wildman–Crippen LogP) is 5.16. The van der Waals surface area contributed by atoms with E-state index in [2.05, 4.69) is 33.4 Å². The molecule has 2 aliphatic rings. The second-order valence-corrected chi connectivity index (χ2v) is 13.6. The van der Waals surface area contributed by atoms with E-state index in [0.717, 1.165) is 48.9 Å². The molecule has 6 rings (SSSR count). The van der Waals surface area contributed by atoms with Crippen molar-refractivity contribution in [2.45, 2.75) is 75.3 Å². The minimum absolute atomic E-state index is 0.0451. The Balaban J connectivity index is 1.21. The van der Waals surface area contributed by atoms with Crippen LogP contribution in [-0.2, 0) is 27.3 Å². The molecule has 0 aliphatic carbocycles. The molecule has 8 nitrogen and oxygen atoms in total. The van der Waals surface area contributed by atoms with Crippen LogP contribution in [0.4, 0.5) is 0 Å². The van der Waals surface area contributed by atoms with E-state index in [-0.39, 0.29) is 35.7 Å². The second-order valence-electron chi connectivity index (χ2n) is 13.6. The number of rotatable bonds is 14. The zero-order chi connectivity index (χ0) is 34.7. The van der Waals surface area contributed by atoms with E-state index in [1.54, 1.807) is 7.05 Å². The van der Waals surface area contributed by atoms with Crippen molar-refractivity contribution in [3.05, 3.63) is 144 Å². The van der Waals surface area contributed by atoms with Gasteiger partial charge in [0.05, 0.1) is 12.1 Å². The Kier molecular flexibility index (Phi) is 12.1. The van der Waals surface area contributed by atoms with Gasteiger partial charge < -0.3 is 26.2 Å². The fourth-order valence-electron chi connectivity index (χ4n) is 7.62. The van der Waals surface area contributed by atoms with Gasteiger partial charge in [-0.2, -0.15) is 0 Å². The number of amides is 3. The van der Waals surface area contributed by atoms with Gasteiger partial charge in [0.1, 0.15) is 12.1 Å². The summed E-state index contributed by atoms with van der Waals surface area (Å²) >= 11 is 0. The number of hydrogen-bond donors (Lipinski definition) is 4. The van der Waals surface area contributed by atoms with E-state index >= 15 is 0 Å². The SMILES string of the molecule is CN[C@H](Cc1ccccc1)C(=O)N[C@@H]1C(=O)N2[C@@H](CC[C@@H]1CCNCc1ccccc1)CC[C@H]2C(=O)NC(c1ccccc1)c1ccccc1. The van der Waals surface area contributed by atoms with Crippen LogP contribution in [0.2, 0.25) is 0 Å². The number of likely N-dealkylation sites (N-methyl/N-ethyl adjacent to an activating group) is 1. The quantitative estimate of drug-likeness (QED) is 0.139. The van der Waals surface area contributed by atoms with Gasteiger partial charge in [0.15, 0.2) is 0 Å². The summed E-state index contributed by atoms with van der Waals surface area (Å²) in [6.45, 7) is 1.45. The van der Waals surface area contributed by atoms with Crippen molar-refractivity contribution in [2.24, 2.45) is 5.92 Å². The van der Waals surface area contributed by atoms with Crippen molar-refractivity contribution in [1.29, 1.82) is 0 Å². The van der Waals surface area contributed by atoms with Crippen molar-refractivity contribution in [3.63, 3.8) is 0 Å². The maximum Gasteiger partial charge on any atom is 0.246 e. The first-order valence-electron chi connectivity index (χ1n) is 18.0. The van der Waals surface area contributed by atoms with E-state index < -0.39 is 18.1 Å². The van der Waals surface area contributed by atoms with Gasteiger partial charge in [-0.1, -0.05) is 121 Å². The maximum absolute atomic E-state index is 14.7. The number of fused-ring (bicyclic) bond motifs is 1. The standard InChI is InChI=1S/C42H49N5O3/c1-43-36(28-30-14-6-2-7-15-30)40(48)46-39-34(26-27-44-29-31-16-8-3-9-17-31)22-23-35-24-25-37(47(35)42(39)50)41(49)45-38(32-18-10-4-11-19-32)33-20-12-5-13-21-33/h2-21,34-39,43-44H,22-29H2,1H3,(H,45,49)(H,46,48)/t34-,35+,36-,37+,39+/m1/s1. The predicted molar refractivity (Wildman–Crippen MR) is 197 cm³/mol. The Labute approximate surface area is 296 Å². The van der Waals surface area contributed by atoms with E-state index in [9.17, 15) is 14.4 Å². The summed E-state index contributed by atoms with van der Waals surface area (Å²) in [7, 11) is 1.78. The van der Waals surface area contributed by atoms with Crippen LogP contribution in [0.15, 0.2) is 121 Å². The lowest BCUT2D eigenvalue weighted by Crippen LogP contribution is -2.58. The van der Waals surface area contributed by atoms with Gasteiger partial charge in [0, 0.05) is 12.6 Å². The molecule has 0 radical (unpaired) electrons. The molecule has 2 saturated heterocycles. The molecule has 260 valence electrons. The molecule has 8 heteroatoms. The van der Waals surface area contributed by atoms with Crippen LogP contribution in [0.1, 0.15) is 60.4 Å². The van der Waals surface area contributed by atoms with Crippen LogP contribution in [0, 0.1) is 5.92 Å². The topological polar surface area (TPSA) is 103 Å². The largest absolute Gasteiger partial charge is 0.343 e. The molecule has 4 aromatic carbocycles. The Hall–Kier alpha value is -4.79. The number of nitrogens with one attached hydrogen (secondary N) is 4. The molecule has 0 spiro atoms. The molecule has 0 bridgehead atoms. The van der Waals surface area contributed by atoms with Crippen molar-refractivity contribution in [2.75, 3.05) is 13.6 Å². The zero-order valence-electron chi connectivity index (χ0n) is 28.8. The number of hydrogen-bond acceptors (Lipinski definition) is 5. The maximum atomic E-state index is 14.7. The summed E-state index contributed by atoms with van der Waals surface area (Å²) in [6, 6.07) is 37.8. The van der Waals surface area contributed by atoms with Crippen LogP contribution in [0.25, 0.3) is 0 Å². The molecule has 50 heavy (non-hydrogen) atoms. The van der Waals surface area contributed by atoms with Crippen LogP contribution >= 0.6 is 0 Å². The Morgan fingerprint density at radius 2 is 1.30 bits per heavy atom. The Morgan fingerprint density at radius 3 is 1.90 bits per heavy atom. The zero-order valence-corrected chi connectivity index (χ0v) is 28.8. The highest BCUT2D eigenvalue weighted by Crippen LogP contribution is 2.36. The molecule has 0 aromatic heterocycles. The first-order valence-corrected chi connectivity index (χ1v) is 18.0. The number of carbonyl (C=O) groups is 3. The molecule has 4 N–H and O–H groups in total. The summed E-state index contributed by atoms with van der Waals surface area (Å²) in [5.74, 6) is -0.593. The third kappa shape index (κ3) is 8.67. The van der Waals surface area contributed by atoms with Crippen LogP contribution < -0.4 is 21.3 Å². The second kappa shape index (κ2) is 17.2. The van der Waals surface area contributed by atoms with Gasteiger partial charge in [-0.15, -0.1) is 0 Å². The molecule has 4 aromatic rings. The van der Waals surface area contributed by atoms with Crippen molar-refractivity contribution >= 4 is 17.7 Å². The van der Waals surface area contributed by atoms with Gasteiger partial charge in [0.2, 0.25) is 17.7 Å². The van der Waals surface area contributed by atoms with Gasteiger partial charge >= 0.3 is 0 Å². The van der Waals surface area contributed by atoms with E-state index in [0.29, 0.717) is 19.4 Å².